The summed E-state index contributed by atoms with van der Waals surface area (Å²) in [5, 5.41) is 3.42. The van der Waals surface area contributed by atoms with Gasteiger partial charge in [0, 0.05) is 26.7 Å². The number of hydrogen-bond donors (Lipinski definition) is 1. The van der Waals surface area contributed by atoms with Crippen LogP contribution in [-0.2, 0) is 9.53 Å². The Hall–Kier alpha value is -1.26. The van der Waals surface area contributed by atoms with Crippen LogP contribution in [0, 0.1) is 11.8 Å². The number of guanidine groups is 1. The highest BCUT2D eigenvalue weighted by Crippen LogP contribution is 2.27. The van der Waals surface area contributed by atoms with Crippen molar-refractivity contribution in [3.8, 4) is 0 Å². The number of ether oxygens (including phenoxy) is 1. The Bertz CT molecular complexity index is 318. The number of esters is 1. The lowest BCUT2D eigenvalue weighted by atomic mass is 9.97. The van der Waals surface area contributed by atoms with Crippen LogP contribution in [0.15, 0.2) is 4.99 Å². The van der Waals surface area contributed by atoms with Gasteiger partial charge in [-0.25, -0.2) is 0 Å². The molecular weight excluding hydrogens is 230 g/mol. The topological polar surface area (TPSA) is 53.9 Å². The number of nitrogens with one attached hydrogen (secondary N) is 1. The number of likely N-dealkylation sites (tertiary alicyclic amines) is 1. The predicted molar refractivity (Wildman–Crippen MR) is 70.4 cm³/mol. The number of rotatable bonds is 3. The summed E-state index contributed by atoms with van der Waals surface area (Å²) in [7, 11) is 3.28. The molecule has 0 unspecified atom stereocenters. The van der Waals surface area contributed by atoms with Crippen LogP contribution in [0.2, 0.25) is 0 Å². The molecule has 1 heterocycles. The highest BCUT2D eigenvalue weighted by atomic mass is 16.5. The van der Waals surface area contributed by atoms with Gasteiger partial charge in [0.15, 0.2) is 5.96 Å². The third-order valence-corrected chi connectivity index (χ3v) is 3.79. The standard InChI is InChI=1S/C13H23N3O2/c1-14-13(15-9-10-3-4-10)16-7-5-11(6-8-16)12(17)18-2/h10-11H,3-9H2,1-2H3,(H,14,15). The van der Waals surface area contributed by atoms with Crippen molar-refractivity contribution >= 4 is 11.9 Å². The van der Waals surface area contributed by atoms with Crippen LogP contribution < -0.4 is 5.32 Å². The monoisotopic (exact) mass is 253 g/mol. The van der Waals surface area contributed by atoms with E-state index in [0.717, 1.165) is 44.4 Å². The molecule has 2 aliphatic rings. The molecule has 0 aromatic heterocycles. The molecule has 5 heteroatoms. The smallest absolute Gasteiger partial charge is 0.308 e. The Morgan fingerprint density at radius 1 is 1.33 bits per heavy atom. The van der Waals surface area contributed by atoms with Gasteiger partial charge in [-0.05, 0) is 31.6 Å². The van der Waals surface area contributed by atoms with Gasteiger partial charge < -0.3 is 15.0 Å². The summed E-state index contributed by atoms with van der Waals surface area (Å²) in [6.07, 6.45) is 4.40. The second-order valence-corrected chi connectivity index (χ2v) is 5.16. The summed E-state index contributed by atoms with van der Waals surface area (Å²) in [6, 6.07) is 0. The van der Waals surface area contributed by atoms with Gasteiger partial charge in [-0.3, -0.25) is 9.79 Å². The molecule has 1 N–H and O–H groups in total. The molecule has 0 atom stereocenters. The van der Waals surface area contributed by atoms with E-state index in [9.17, 15) is 4.79 Å². The Morgan fingerprint density at radius 2 is 2.00 bits per heavy atom. The Kier molecular flexibility index (Phi) is 4.44. The summed E-state index contributed by atoms with van der Waals surface area (Å²) in [5.41, 5.74) is 0. The number of aliphatic imine (C=N–C) groups is 1. The number of piperidine rings is 1. The van der Waals surface area contributed by atoms with E-state index in [1.807, 2.05) is 7.05 Å². The minimum atomic E-state index is -0.0735. The van der Waals surface area contributed by atoms with E-state index in [1.165, 1.54) is 20.0 Å². The lowest BCUT2D eigenvalue weighted by Gasteiger charge is -2.33. The lowest BCUT2D eigenvalue weighted by Crippen LogP contribution is -2.47. The van der Waals surface area contributed by atoms with Gasteiger partial charge in [-0.2, -0.15) is 0 Å². The van der Waals surface area contributed by atoms with Crippen LogP contribution in [0.25, 0.3) is 0 Å². The predicted octanol–water partition coefficient (Wildman–Crippen LogP) is 0.857. The van der Waals surface area contributed by atoms with Gasteiger partial charge in [0.1, 0.15) is 0 Å². The number of nitrogens with zero attached hydrogens (tertiary/aromatic N) is 2. The molecule has 0 spiro atoms. The van der Waals surface area contributed by atoms with Crippen molar-refractivity contribution in [2.24, 2.45) is 16.8 Å². The molecule has 18 heavy (non-hydrogen) atoms. The molecule has 2 fully saturated rings. The molecule has 5 nitrogen and oxygen atoms in total. The largest absolute Gasteiger partial charge is 0.469 e. The van der Waals surface area contributed by atoms with Crippen molar-refractivity contribution in [3.63, 3.8) is 0 Å². The molecule has 0 aromatic rings. The number of carbonyl (C=O) groups is 1. The Morgan fingerprint density at radius 3 is 2.50 bits per heavy atom. The molecule has 102 valence electrons. The van der Waals surface area contributed by atoms with E-state index in [-0.39, 0.29) is 11.9 Å². The highest BCUT2D eigenvalue weighted by Gasteiger charge is 2.28. The minimum absolute atomic E-state index is 0.0628. The third-order valence-electron chi connectivity index (χ3n) is 3.79. The molecule has 1 saturated heterocycles. The minimum Gasteiger partial charge on any atom is -0.469 e. The normalized spacial score (nSPS) is 21.9. The summed E-state index contributed by atoms with van der Waals surface area (Å²) in [6.45, 7) is 2.79. The zero-order valence-corrected chi connectivity index (χ0v) is 11.3. The van der Waals surface area contributed by atoms with Crippen LogP contribution in [-0.4, -0.2) is 50.6 Å². The van der Waals surface area contributed by atoms with Crippen molar-refractivity contribution in [2.75, 3.05) is 33.8 Å². The number of hydrogen-bond acceptors (Lipinski definition) is 3. The summed E-state index contributed by atoms with van der Waals surface area (Å²) >= 11 is 0. The van der Waals surface area contributed by atoms with Crippen LogP contribution in [0.1, 0.15) is 25.7 Å². The number of carbonyl (C=O) groups excluding carboxylic acids is 1. The van der Waals surface area contributed by atoms with E-state index in [2.05, 4.69) is 15.2 Å². The maximum Gasteiger partial charge on any atom is 0.308 e. The Labute approximate surface area is 109 Å². The molecule has 1 aliphatic heterocycles. The average molecular weight is 253 g/mol. The van der Waals surface area contributed by atoms with E-state index < -0.39 is 0 Å². The van der Waals surface area contributed by atoms with E-state index in [4.69, 9.17) is 4.74 Å². The average Bonchev–Trinajstić information content (AvgIpc) is 3.23. The van der Waals surface area contributed by atoms with Crippen molar-refractivity contribution < 1.29 is 9.53 Å². The first-order valence-corrected chi connectivity index (χ1v) is 6.78. The van der Waals surface area contributed by atoms with Gasteiger partial charge in [0.05, 0.1) is 13.0 Å². The molecule has 0 bridgehead atoms. The van der Waals surface area contributed by atoms with Gasteiger partial charge in [-0.1, -0.05) is 0 Å². The fourth-order valence-corrected chi connectivity index (χ4v) is 2.38. The van der Waals surface area contributed by atoms with Crippen LogP contribution in [0.5, 0.6) is 0 Å². The second kappa shape index (κ2) is 6.07. The first kappa shape index (κ1) is 13.2. The zero-order chi connectivity index (χ0) is 13.0. The van der Waals surface area contributed by atoms with E-state index in [0.29, 0.717) is 0 Å². The van der Waals surface area contributed by atoms with E-state index >= 15 is 0 Å². The van der Waals surface area contributed by atoms with Crippen molar-refractivity contribution in [1.29, 1.82) is 0 Å². The van der Waals surface area contributed by atoms with Crippen molar-refractivity contribution in [2.45, 2.75) is 25.7 Å². The van der Waals surface area contributed by atoms with Gasteiger partial charge >= 0.3 is 5.97 Å². The van der Waals surface area contributed by atoms with Gasteiger partial charge in [0.2, 0.25) is 0 Å². The summed E-state index contributed by atoms with van der Waals surface area (Å²) < 4.78 is 4.80. The quantitative estimate of drug-likeness (QED) is 0.460. The van der Waals surface area contributed by atoms with Crippen molar-refractivity contribution in [3.05, 3.63) is 0 Å². The maximum absolute atomic E-state index is 11.4. The van der Waals surface area contributed by atoms with Crippen LogP contribution in [0.4, 0.5) is 0 Å². The first-order chi connectivity index (χ1) is 8.74. The molecule has 1 aliphatic carbocycles. The van der Waals surface area contributed by atoms with E-state index in [1.54, 1.807) is 0 Å². The Balaban J connectivity index is 1.77. The third kappa shape index (κ3) is 3.37. The molecular formula is C13H23N3O2. The second-order valence-electron chi connectivity index (χ2n) is 5.16. The highest BCUT2D eigenvalue weighted by molar-refractivity contribution is 5.80. The number of methoxy groups -OCH3 is 1. The fourth-order valence-electron chi connectivity index (χ4n) is 2.38. The molecule has 2 rings (SSSR count). The molecule has 0 amide bonds. The maximum atomic E-state index is 11.4. The molecule has 0 aromatic carbocycles. The molecule has 1 saturated carbocycles. The summed E-state index contributed by atoms with van der Waals surface area (Å²) in [5.74, 6) is 1.81. The summed E-state index contributed by atoms with van der Waals surface area (Å²) in [4.78, 5) is 18.0. The van der Waals surface area contributed by atoms with Gasteiger partial charge in [-0.15, -0.1) is 0 Å². The van der Waals surface area contributed by atoms with Crippen LogP contribution >= 0.6 is 0 Å². The van der Waals surface area contributed by atoms with Gasteiger partial charge in [0.25, 0.3) is 0 Å². The van der Waals surface area contributed by atoms with Crippen LogP contribution in [0.3, 0.4) is 0 Å². The molecule has 0 radical (unpaired) electrons. The zero-order valence-electron chi connectivity index (χ0n) is 11.3. The SMILES string of the molecule is CN=C(NCC1CC1)N1CCC(C(=O)OC)CC1. The fraction of sp³-hybridized carbons (Fsp3) is 0.846. The van der Waals surface area contributed by atoms with Crippen molar-refractivity contribution in [1.82, 2.24) is 10.2 Å². The first-order valence-electron chi connectivity index (χ1n) is 6.78. The lowest BCUT2D eigenvalue weighted by molar-refractivity contribution is -0.146.